The molecule has 0 atom stereocenters. The summed E-state index contributed by atoms with van der Waals surface area (Å²) in [6.07, 6.45) is 1.29. The first-order chi connectivity index (χ1) is 19.1. The van der Waals surface area contributed by atoms with Gasteiger partial charge in [0.05, 0.1) is 26.4 Å². The number of imide groups is 2. The molecule has 0 aliphatic carbocycles. The molecule has 0 unspecified atom stereocenters. The molecule has 204 valence electrons. The number of carbonyl (C=O) groups excluding carboxylic acids is 3. The van der Waals surface area contributed by atoms with Crippen LogP contribution in [0.3, 0.4) is 0 Å². The lowest BCUT2D eigenvalue weighted by Crippen LogP contribution is -2.54. The molecule has 1 fully saturated rings. The van der Waals surface area contributed by atoms with Crippen LogP contribution in [0.25, 0.3) is 6.08 Å². The SMILES string of the molecule is CCOc1cc(/C=C2\C(=O)NC(=O)N(c3cccc([N+](=O)[O-])c3)C2=O)cc(I)c1OCc1ccc(C(=O)O)cc1. The monoisotopic (exact) mass is 657 g/mol. The number of urea groups is 1. The first-order valence-corrected chi connectivity index (χ1v) is 12.7. The number of halogens is 1. The summed E-state index contributed by atoms with van der Waals surface area (Å²) in [6.45, 7) is 2.18. The number of nitrogens with zero attached hydrogens (tertiary/aromatic N) is 2. The molecule has 0 bridgehead atoms. The van der Waals surface area contributed by atoms with Crippen molar-refractivity contribution in [1.82, 2.24) is 5.32 Å². The summed E-state index contributed by atoms with van der Waals surface area (Å²) in [7, 11) is 0. The highest BCUT2D eigenvalue weighted by Gasteiger charge is 2.37. The lowest BCUT2D eigenvalue weighted by atomic mass is 10.1. The number of carboxylic acids is 1. The Kier molecular flexibility index (Phi) is 8.43. The number of barbiturate groups is 1. The van der Waals surface area contributed by atoms with Gasteiger partial charge in [-0.05, 0) is 77.0 Å². The van der Waals surface area contributed by atoms with E-state index in [-0.39, 0.29) is 35.7 Å². The molecule has 1 heterocycles. The molecular weight excluding hydrogens is 637 g/mol. The highest BCUT2D eigenvalue weighted by molar-refractivity contribution is 14.1. The average molecular weight is 657 g/mol. The summed E-state index contributed by atoms with van der Waals surface area (Å²) in [4.78, 5) is 60.5. The van der Waals surface area contributed by atoms with Gasteiger partial charge in [0.1, 0.15) is 12.2 Å². The van der Waals surface area contributed by atoms with Crippen molar-refractivity contribution >= 4 is 63.9 Å². The van der Waals surface area contributed by atoms with Crippen LogP contribution in [-0.4, -0.2) is 40.5 Å². The van der Waals surface area contributed by atoms with E-state index in [0.29, 0.717) is 25.5 Å². The van der Waals surface area contributed by atoms with Crippen LogP contribution in [-0.2, 0) is 16.2 Å². The van der Waals surface area contributed by atoms with Gasteiger partial charge in [-0.3, -0.25) is 25.0 Å². The highest BCUT2D eigenvalue weighted by Crippen LogP contribution is 2.36. The van der Waals surface area contributed by atoms with Crippen LogP contribution in [0.5, 0.6) is 11.5 Å². The number of ether oxygens (including phenoxy) is 2. The third-order valence-corrected chi connectivity index (χ3v) is 6.43. The second-order valence-corrected chi connectivity index (χ2v) is 9.45. The molecule has 3 aromatic carbocycles. The molecule has 0 saturated carbocycles. The molecule has 1 saturated heterocycles. The molecule has 3 aromatic rings. The smallest absolute Gasteiger partial charge is 0.335 e. The van der Waals surface area contributed by atoms with Gasteiger partial charge < -0.3 is 14.6 Å². The molecule has 4 rings (SSSR count). The summed E-state index contributed by atoms with van der Waals surface area (Å²) in [5, 5.41) is 22.3. The van der Waals surface area contributed by atoms with Crippen molar-refractivity contribution in [1.29, 1.82) is 0 Å². The van der Waals surface area contributed by atoms with E-state index in [1.165, 1.54) is 36.4 Å². The Morgan fingerprint density at radius 3 is 2.48 bits per heavy atom. The normalized spacial score (nSPS) is 14.2. The van der Waals surface area contributed by atoms with Gasteiger partial charge >= 0.3 is 12.0 Å². The Hall–Kier alpha value is -4.79. The minimum absolute atomic E-state index is 0.0696. The molecule has 1 aliphatic heterocycles. The number of aromatic carboxylic acids is 1. The Labute approximate surface area is 240 Å². The van der Waals surface area contributed by atoms with E-state index in [2.05, 4.69) is 5.32 Å². The number of hydrogen-bond acceptors (Lipinski definition) is 8. The van der Waals surface area contributed by atoms with Gasteiger partial charge in [0.2, 0.25) is 0 Å². The van der Waals surface area contributed by atoms with Crippen molar-refractivity contribution in [2.45, 2.75) is 13.5 Å². The zero-order valence-corrected chi connectivity index (χ0v) is 22.9. The van der Waals surface area contributed by atoms with E-state index in [1.54, 1.807) is 31.2 Å². The largest absolute Gasteiger partial charge is 0.490 e. The van der Waals surface area contributed by atoms with Gasteiger partial charge in [-0.25, -0.2) is 14.5 Å². The highest BCUT2D eigenvalue weighted by atomic mass is 127. The minimum atomic E-state index is -1.03. The van der Waals surface area contributed by atoms with Crippen LogP contribution >= 0.6 is 22.6 Å². The lowest BCUT2D eigenvalue weighted by molar-refractivity contribution is -0.384. The van der Waals surface area contributed by atoms with Gasteiger partial charge in [-0.1, -0.05) is 18.2 Å². The van der Waals surface area contributed by atoms with Gasteiger partial charge in [0.15, 0.2) is 11.5 Å². The number of carbonyl (C=O) groups is 4. The van der Waals surface area contributed by atoms with Crippen molar-refractivity contribution in [2.24, 2.45) is 0 Å². The Balaban J connectivity index is 1.64. The number of rotatable bonds is 9. The first-order valence-electron chi connectivity index (χ1n) is 11.7. The fraction of sp³-hybridized carbons (Fsp3) is 0.111. The molecule has 0 aromatic heterocycles. The van der Waals surface area contributed by atoms with Crippen LogP contribution in [0.1, 0.15) is 28.4 Å². The van der Waals surface area contributed by atoms with E-state index >= 15 is 0 Å². The minimum Gasteiger partial charge on any atom is -0.490 e. The number of carboxylic acid groups (broad SMARTS) is 1. The molecule has 40 heavy (non-hydrogen) atoms. The van der Waals surface area contributed by atoms with Gasteiger partial charge in [-0.15, -0.1) is 0 Å². The molecular formula is C27H20IN3O9. The van der Waals surface area contributed by atoms with E-state index in [9.17, 15) is 29.3 Å². The maximum absolute atomic E-state index is 13.2. The zero-order chi connectivity index (χ0) is 29.0. The predicted molar refractivity (Wildman–Crippen MR) is 150 cm³/mol. The van der Waals surface area contributed by atoms with Gasteiger partial charge in [0, 0.05) is 12.1 Å². The fourth-order valence-corrected chi connectivity index (χ4v) is 4.56. The van der Waals surface area contributed by atoms with Crippen molar-refractivity contribution in [3.05, 3.63) is 96.6 Å². The van der Waals surface area contributed by atoms with Crippen molar-refractivity contribution in [3.63, 3.8) is 0 Å². The average Bonchev–Trinajstić information content (AvgIpc) is 2.91. The Morgan fingerprint density at radius 1 is 1.10 bits per heavy atom. The second-order valence-electron chi connectivity index (χ2n) is 8.29. The van der Waals surface area contributed by atoms with Crippen molar-refractivity contribution in [2.75, 3.05) is 11.5 Å². The molecule has 0 radical (unpaired) electrons. The van der Waals surface area contributed by atoms with Crippen LogP contribution in [0.2, 0.25) is 0 Å². The Bertz CT molecular complexity index is 1570. The summed E-state index contributed by atoms with van der Waals surface area (Å²) in [5.74, 6) is -2.17. The van der Waals surface area contributed by atoms with Gasteiger partial charge in [0.25, 0.3) is 17.5 Å². The summed E-state index contributed by atoms with van der Waals surface area (Å²) < 4.78 is 12.3. The van der Waals surface area contributed by atoms with Crippen LogP contribution in [0, 0.1) is 13.7 Å². The Morgan fingerprint density at radius 2 is 1.82 bits per heavy atom. The lowest BCUT2D eigenvalue weighted by Gasteiger charge is -2.26. The topological polar surface area (TPSA) is 165 Å². The standard InChI is InChI=1S/C27H20IN3O9/c1-2-39-22-12-16(11-21(28)23(22)40-14-15-6-8-17(9-7-15)26(34)35)10-20-24(32)29-27(36)30(25(20)33)18-4-3-5-19(13-18)31(37)38/h3-13H,2,14H2,1H3,(H,34,35)(H,29,32,36)/b20-10+. The number of non-ortho nitro benzene ring substituents is 1. The maximum Gasteiger partial charge on any atom is 0.335 e. The van der Waals surface area contributed by atoms with E-state index in [1.807, 2.05) is 22.6 Å². The number of benzene rings is 3. The molecule has 0 spiro atoms. The second kappa shape index (κ2) is 11.9. The molecule has 13 heteroatoms. The fourth-order valence-electron chi connectivity index (χ4n) is 3.78. The van der Waals surface area contributed by atoms with E-state index < -0.39 is 28.7 Å². The summed E-state index contributed by atoms with van der Waals surface area (Å²) >= 11 is 2.01. The van der Waals surface area contributed by atoms with E-state index in [0.717, 1.165) is 11.6 Å². The first kappa shape index (κ1) is 28.2. The van der Waals surface area contributed by atoms with E-state index in [4.69, 9.17) is 14.6 Å². The maximum atomic E-state index is 13.2. The van der Waals surface area contributed by atoms with Crippen LogP contribution in [0.4, 0.5) is 16.2 Å². The number of hydrogen-bond donors (Lipinski definition) is 2. The third kappa shape index (κ3) is 6.09. The molecule has 4 amide bonds. The molecule has 2 N–H and O–H groups in total. The number of nitrogens with one attached hydrogen (secondary N) is 1. The third-order valence-electron chi connectivity index (χ3n) is 5.63. The zero-order valence-electron chi connectivity index (χ0n) is 20.8. The quantitative estimate of drug-likeness (QED) is 0.111. The summed E-state index contributed by atoms with van der Waals surface area (Å²) in [6, 6.07) is 13.3. The predicted octanol–water partition coefficient (Wildman–Crippen LogP) is 4.54. The van der Waals surface area contributed by atoms with Crippen molar-refractivity contribution < 1.29 is 38.7 Å². The summed E-state index contributed by atoms with van der Waals surface area (Å²) in [5.41, 5.74) is 0.515. The number of nitro benzene ring substituents is 1. The number of nitro groups is 1. The van der Waals surface area contributed by atoms with Gasteiger partial charge in [-0.2, -0.15) is 0 Å². The van der Waals surface area contributed by atoms with Crippen LogP contribution < -0.4 is 19.7 Å². The molecule has 12 nitrogen and oxygen atoms in total. The number of anilines is 1. The van der Waals surface area contributed by atoms with Crippen molar-refractivity contribution in [3.8, 4) is 11.5 Å². The van der Waals surface area contributed by atoms with Crippen LogP contribution in [0.15, 0.2) is 66.2 Å². The number of amides is 4. The molecule has 1 aliphatic rings.